The Morgan fingerprint density at radius 1 is 1.03 bits per heavy atom. The van der Waals surface area contributed by atoms with Crippen molar-refractivity contribution in [1.29, 1.82) is 0 Å². The van der Waals surface area contributed by atoms with Gasteiger partial charge in [0.05, 0.1) is 11.5 Å². The zero-order chi connectivity index (χ0) is 23.8. The minimum absolute atomic E-state index is 0.123. The molecule has 1 heterocycles. The van der Waals surface area contributed by atoms with Crippen molar-refractivity contribution in [3.63, 3.8) is 0 Å². The number of nitrogens with zero attached hydrogens (tertiary/aromatic N) is 2. The lowest BCUT2D eigenvalue weighted by Crippen LogP contribution is -2.46. The van der Waals surface area contributed by atoms with E-state index in [9.17, 15) is 13.2 Å². The van der Waals surface area contributed by atoms with E-state index >= 15 is 0 Å². The molecule has 10 heteroatoms. The molecule has 0 aromatic heterocycles. The molecule has 0 radical (unpaired) electrons. The van der Waals surface area contributed by atoms with E-state index in [0.717, 1.165) is 12.8 Å². The maximum atomic E-state index is 12.8. The number of carbonyl (C=O) groups is 1. The molecule has 1 aliphatic heterocycles. The topological polar surface area (TPSA) is 91.0 Å². The minimum atomic E-state index is -3.53. The highest BCUT2D eigenvalue weighted by Crippen LogP contribution is 2.20. The predicted octanol–water partition coefficient (Wildman–Crippen LogP) is 2.93. The Hall–Kier alpha value is -2.53. The van der Waals surface area contributed by atoms with Gasteiger partial charge in [-0.15, -0.1) is 0 Å². The number of rotatable bonds is 8. The molecule has 2 aromatic rings. The van der Waals surface area contributed by atoms with Crippen LogP contribution in [0.4, 0.5) is 5.69 Å². The lowest BCUT2D eigenvalue weighted by atomic mass is 10.2. The van der Waals surface area contributed by atoms with E-state index < -0.39 is 10.0 Å². The Labute approximate surface area is 201 Å². The maximum Gasteiger partial charge on any atom is 0.257 e. The van der Waals surface area contributed by atoms with Crippen LogP contribution < -0.4 is 15.4 Å². The number of sulfonamides is 1. The molecule has 1 amide bonds. The van der Waals surface area contributed by atoms with Crippen molar-refractivity contribution >= 4 is 38.9 Å². The van der Waals surface area contributed by atoms with Crippen LogP contribution in [0.5, 0.6) is 5.75 Å². The summed E-state index contributed by atoms with van der Waals surface area (Å²) in [5, 5.41) is 5.66. The van der Waals surface area contributed by atoms with Crippen molar-refractivity contribution in [3.05, 3.63) is 54.1 Å². The van der Waals surface area contributed by atoms with Gasteiger partial charge in [-0.25, -0.2) is 8.42 Å². The molecule has 33 heavy (non-hydrogen) atoms. The van der Waals surface area contributed by atoms with Crippen LogP contribution in [-0.2, 0) is 10.0 Å². The quantitative estimate of drug-likeness (QED) is 0.434. The van der Waals surface area contributed by atoms with E-state index in [1.54, 1.807) is 36.4 Å². The summed E-state index contributed by atoms with van der Waals surface area (Å²) in [4.78, 5) is 14.8. The molecule has 1 saturated heterocycles. The summed E-state index contributed by atoms with van der Waals surface area (Å²) >= 11 is 5.23. The van der Waals surface area contributed by atoms with Gasteiger partial charge in [-0.3, -0.25) is 10.1 Å². The monoisotopic (exact) mass is 490 g/mol. The fourth-order valence-corrected chi connectivity index (χ4v) is 4.90. The third kappa shape index (κ3) is 6.97. The minimum Gasteiger partial charge on any atom is -0.494 e. The molecule has 0 atom stereocenters. The van der Waals surface area contributed by atoms with Crippen molar-refractivity contribution < 1.29 is 17.9 Å². The van der Waals surface area contributed by atoms with Crippen LogP contribution in [0.3, 0.4) is 0 Å². The molecule has 1 aliphatic rings. The lowest BCUT2D eigenvalue weighted by molar-refractivity contribution is 0.0977. The Kier molecular flexibility index (Phi) is 8.79. The molecule has 2 N–H and O–H groups in total. The van der Waals surface area contributed by atoms with E-state index in [4.69, 9.17) is 17.0 Å². The normalized spacial score (nSPS) is 15.1. The van der Waals surface area contributed by atoms with Crippen molar-refractivity contribution in [3.8, 4) is 5.75 Å². The van der Waals surface area contributed by atoms with Crippen LogP contribution in [-0.4, -0.2) is 68.5 Å². The molecular weight excluding hydrogens is 460 g/mol. The first kappa shape index (κ1) is 25.1. The number of likely N-dealkylation sites (N-methyl/N-ethyl adjacent to an activating group) is 1. The molecule has 0 aliphatic carbocycles. The van der Waals surface area contributed by atoms with Crippen molar-refractivity contribution in [2.75, 3.05) is 45.2 Å². The van der Waals surface area contributed by atoms with Crippen LogP contribution in [0.2, 0.25) is 0 Å². The van der Waals surface area contributed by atoms with E-state index in [2.05, 4.69) is 22.5 Å². The van der Waals surface area contributed by atoms with Gasteiger partial charge in [-0.05, 0) is 74.2 Å². The first-order valence-electron chi connectivity index (χ1n) is 10.9. The number of anilines is 1. The zero-order valence-corrected chi connectivity index (χ0v) is 20.5. The summed E-state index contributed by atoms with van der Waals surface area (Å²) in [6.07, 6.45) is 2.03. The summed E-state index contributed by atoms with van der Waals surface area (Å²) in [5.41, 5.74) is 1.04. The van der Waals surface area contributed by atoms with E-state index in [1.165, 1.54) is 16.4 Å². The van der Waals surface area contributed by atoms with E-state index in [1.807, 2.05) is 7.05 Å². The maximum absolute atomic E-state index is 12.8. The molecule has 3 rings (SSSR count). The number of benzene rings is 2. The summed E-state index contributed by atoms with van der Waals surface area (Å²) < 4.78 is 32.7. The van der Waals surface area contributed by atoms with Gasteiger partial charge in [0.2, 0.25) is 10.0 Å². The van der Waals surface area contributed by atoms with Gasteiger partial charge >= 0.3 is 0 Å². The molecule has 0 spiro atoms. The Bertz CT molecular complexity index is 1050. The number of hydrogen-bond donors (Lipinski definition) is 2. The van der Waals surface area contributed by atoms with E-state index in [-0.39, 0.29) is 15.9 Å². The summed E-state index contributed by atoms with van der Waals surface area (Å²) in [5.74, 6) is 0.370. The summed E-state index contributed by atoms with van der Waals surface area (Å²) in [6, 6.07) is 13.2. The SMILES string of the molecule is CCCCOc1ccc(C(=O)NC(=S)Nc2ccc(S(=O)(=O)N3CCN(C)CC3)cc2)cc1. The van der Waals surface area contributed by atoms with Gasteiger partial charge in [-0.2, -0.15) is 4.31 Å². The standard InChI is InChI=1S/C23H30N4O4S2/c1-3-4-17-31-20-9-5-18(6-10-20)22(28)25-23(32)24-19-7-11-21(12-8-19)33(29,30)27-15-13-26(2)14-16-27/h5-12H,3-4,13-17H2,1-2H3,(H2,24,25,28,32). The van der Waals surface area contributed by atoms with Gasteiger partial charge in [0.15, 0.2) is 5.11 Å². The smallest absolute Gasteiger partial charge is 0.257 e. The molecular formula is C23H30N4O4S2. The third-order valence-electron chi connectivity index (χ3n) is 5.32. The summed E-state index contributed by atoms with van der Waals surface area (Å²) in [6.45, 7) is 5.11. The highest BCUT2D eigenvalue weighted by atomic mass is 32.2. The molecule has 2 aromatic carbocycles. The second kappa shape index (κ2) is 11.6. The van der Waals surface area contributed by atoms with Gasteiger partial charge < -0.3 is 15.0 Å². The first-order valence-corrected chi connectivity index (χ1v) is 12.8. The summed E-state index contributed by atoms with van der Waals surface area (Å²) in [7, 11) is -1.55. The fourth-order valence-electron chi connectivity index (χ4n) is 3.26. The Morgan fingerprint density at radius 2 is 1.67 bits per heavy atom. The molecule has 0 saturated carbocycles. The number of piperazine rings is 1. The fraction of sp³-hybridized carbons (Fsp3) is 0.391. The molecule has 0 unspecified atom stereocenters. The number of hydrogen-bond acceptors (Lipinski definition) is 6. The van der Waals surface area contributed by atoms with Gasteiger partial charge in [0.25, 0.3) is 5.91 Å². The van der Waals surface area contributed by atoms with Gasteiger partial charge in [0.1, 0.15) is 5.75 Å². The Balaban J connectivity index is 1.53. The zero-order valence-electron chi connectivity index (χ0n) is 18.9. The third-order valence-corrected chi connectivity index (χ3v) is 7.44. The first-order chi connectivity index (χ1) is 15.8. The largest absolute Gasteiger partial charge is 0.494 e. The number of unbranched alkanes of at least 4 members (excludes halogenated alkanes) is 1. The van der Waals surface area contributed by atoms with Crippen molar-refractivity contribution in [2.45, 2.75) is 24.7 Å². The average Bonchev–Trinajstić information content (AvgIpc) is 2.80. The van der Waals surface area contributed by atoms with Crippen LogP contribution in [0, 0.1) is 0 Å². The molecule has 178 valence electrons. The molecule has 0 bridgehead atoms. The number of carbonyl (C=O) groups excluding carboxylic acids is 1. The van der Waals surface area contributed by atoms with Crippen molar-refractivity contribution in [1.82, 2.24) is 14.5 Å². The predicted molar refractivity (Wildman–Crippen MR) is 133 cm³/mol. The second-order valence-electron chi connectivity index (χ2n) is 7.87. The molecule has 1 fully saturated rings. The lowest BCUT2D eigenvalue weighted by Gasteiger charge is -2.31. The van der Waals surface area contributed by atoms with Crippen molar-refractivity contribution in [2.24, 2.45) is 0 Å². The highest BCUT2D eigenvalue weighted by Gasteiger charge is 2.27. The van der Waals surface area contributed by atoms with Gasteiger partial charge in [-0.1, -0.05) is 13.3 Å². The average molecular weight is 491 g/mol. The second-order valence-corrected chi connectivity index (χ2v) is 10.2. The number of thiocarbonyl (C=S) groups is 1. The van der Waals surface area contributed by atoms with Crippen LogP contribution in [0.15, 0.2) is 53.4 Å². The van der Waals surface area contributed by atoms with Gasteiger partial charge in [0, 0.05) is 37.4 Å². The number of amides is 1. The Morgan fingerprint density at radius 3 is 2.27 bits per heavy atom. The van der Waals surface area contributed by atoms with Crippen LogP contribution in [0.1, 0.15) is 30.1 Å². The van der Waals surface area contributed by atoms with Crippen LogP contribution in [0.25, 0.3) is 0 Å². The van der Waals surface area contributed by atoms with E-state index in [0.29, 0.717) is 49.8 Å². The molecule has 8 nitrogen and oxygen atoms in total. The van der Waals surface area contributed by atoms with Crippen LogP contribution >= 0.6 is 12.2 Å². The number of ether oxygens (including phenoxy) is 1. The highest BCUT2D eigenvalue weighted by molar-refractivity contribution is 7.89. The number of nitrogens with one attached hydrogen (secondary N) is 2.